The van der Waals surface area contributed by atoms with Gasteiger partial charge in [0.2, 0.25) is 5.89 Å². The summed E-state index contributed by atoms with van der Waals surface area (Å²) in [6.07, 6.45) is 1.84. The van der Waals surface area contributed by atoms with Gasteiger partial charge in [-0.15, -0.1) is 12.6 Å². The van der Waals surface area contributed by atoms with Crippen molar-refractivity contribution >= 4 is 34.5 Å². The number of hydrogen-bond acceptors (Lipinski definition) is 5. The number of nitrogens with zero attached hydrogens (tertiary/aromatic N) is 2. The minimum Gasteiger partial charge on any atom is -0.351 e. The summed E-state index contributed by atoms with van der Waals surface area (Å²) >= 11 is 7.53. The second-order valence-corrected chi connectivity index (χ2v) is 4.88. The van der Waals surface area contributed by atoms with Crippen LogP contribution in [-0.4, -0.2) is 22.6 Å². The molecular weight excluding hydrogens is 318 g/mol. The standard InChI is InChI=1S/C11H10BrN3O2S/c12-9-2-1-7(18)5-8(9)11(16)13-4-3-10-14-6-15-17-10/h1-2,5-6,18H,3-4H2,(H,13,16). The van der Waals surface area contributed by atoms with Crippen LogP contribution in [0.3, 0.4) is 0 Å². The third-order valence-corrected chi connectivity index (χ3v) is 3.20. The van der Waals surface area contributed by atoms with Gasteiger partial charge in [-0.2, -0.15) is 4.98 Å². The molecular formula is C11H10BrN3O2S. The van der Waals surface area contributed by atoms with Crippen molar-refractivity contribution in [2.24, 2.45) is 0 Å². The van der Waals surface area contributed by atoms with Gasteiger partial charge in [-0.3, -0.25) is 4.79 Å². The number of benzene rings is 1. The molecule has 5 nitrogen and oxygen atoms in total. The Morgan fingerprint density at radius 1 is 1.50 bits per heavy atom. The predicted octanol–water partition coefficient (Wildman–Crippen LogP) is 2.09. The zero-order valence-electron chi connectivity index (χ0n) is 9.26. The normalized spacial score (nSPS) is 10.3. The zero-order valence-corrected chi connectivity index (χ0v) is 11.7. The Hall–Kier alpha value is -1.34. The highest BCUT2D eigenvalue weighted by molar-refractivity contribution is 9.10. The Labute approximate surface area is 118 Å². The largest absolute Gasteiger partial charge is 0.351 e. The highest BCUT2D eigenvalue weighted by Crippen LogP contribution is 2.20. The molecule has 1 heterocycles. The minimum atomic E-state index is -0.169. The van der Waals surface area contributed by atoms with Gasteiger partial charge in [0.05, 0.1) is 5.56 Å². The summed E-state index contributed by atoms with van der Waals surface area (Å²) in [5.41, 5.74) is 0.549. The van der Waals surface area contributed by atoms with E-state index in [1.165, 1.54) is 6.33 Å². The summed E-state index contributed by atoms with van der Waals surface area (Å²) in [5, 5.41) is 6.26. The average molecular weight is 328 g/mol. The van der Waals surface area contributed by atoms with E-state index in [1.807, 2.05) is 6.07 Å². The minimum absolute atomic E-state index is 0.169. The molecule has 0 atom stereocenters. The number of halogens is 1. The van der Waals surface area contributed by atoms with Gasteiger partial charge < -0.3 is 9.84 Å². The van der Waals surface area contributed by atoms with E-state index >= 15 is 0 Å². The number of aromatic nitrogens is 2. The van der Waals surface area contributed by atoms with E-state index < -0.39 is 0 Å². The third kappa shape index (κ3) is 3.33. The maximum Gasteiger partial charge on any atom is 0.252 e. The molecule has 1 aromatic carbocycles. The van der Waals surface area contributed by atoms with Crippen molar-refractivity contribution in [2.45, 2.75) is 11.3 Å². The van der Waals surface area contributed by atoms with E-state index in [4.69, 9.17) is 4.52 Å². The van der Waals surface area contributed by atoms with Crippen LogP contribution in [0.15, 0.2) is 38.4 Å². The van der Waals surface area contributed by atoms with Gasteiger partial charge >= 0.3 is 0 Å². The first kappa shape index (κ1) is 13.1. The number of carbonyl (C=O) groups excluding carboxylic acids is 1. The van der Waals surface area contributed by atoms with E-state index in [0.717, 1.165) is 9.37 Å². The maximum absolute atomic E-state index is 11.9. The summed E-state index contributed by atoms with van der Waals surface area (Å²) in [4.78, 5) is 16.5. The number of hydrogen-bond donors (Lipinski definition) is 2. The van der Waals surface area contributed by atoms with Crippen molar-refractivity contribution in [2.75, 3.05) is 6.54 Å². The molecule has 1 aromatic heterocycles. The fraction of sp³-hybridized carbons (Fsp3) is 0.182. The monoisotopic (exact) mass is 327 g/mol. The Bertz CT molecular complexity index is 545. The Morgan fingerprint density at radius 2 is 2.33 bits per heavy atom. The lowest BCUT2D eigenvalue weighted by atomic mass is 10.2. The van der Waals surface area contributed by atoms with Crippen LogP contribution in [-0.2, 0) is 6.42 Å². The Balaban J connectivity index is 1.93. The van der Waals surface area contributed by atoms with Crippen LogP contribution in [0.5, 0.6) is 0 Å². The van der Waals surface area contributed by atoms with E-state index in [2.05, 4.69) is 44.0 Å². The van der Waals surface area contributed by atoms with Crippen LogP contribution in [0, 0.1) is 0 Å². The average Bonchev–Trinajstić information content (AvgIpc) is 2.85. The molecule has 2 rings (SSSR count). The second kappa shape index (κ2) is 6.01. The molecule has 0 unspecified atom stereocenters. The van der Waals surface area contributed by atoms with Gasteiger partial charge in [0.1, 0.15) is 0 Å². The van der Waals surface area contributed by atoms with Crippen LogP contribution in [0.1, 0.15) is 16.2 Å². The van der Waals surface area contributed by atoms with Gasteiger partial charge in [0, 0.05) is 22.3 Å². The highest BCUT2D eigenvalue weighted by Gasteiger charge is 2.10. The fourth-order valence-corrected chi connectivity index (χ4v) is 2.00. The topological polar surface area (TPSA) is 68.0 Å². The Kier molecular flexibility index (Phi) is 4.38. The molecule has 0 spiro atoms. The molecule has 0 radical (unpaired) electrons. The van der Waals surface area contributed by atoms with E-state index in [9.17, 15) is 4.79 Å². The summed E-state index contributed by atoms with van der Waals surface area (Å²) in [6.45, 7) is 0.435. The molecule has 0 aliphatic heterocycles. The van der Waals surface area contributed by atoms with Gasteiger partial charge in [0.25, 0.3) is 5.91 Å². The molecule has 1 amide bonds. The lowest BCUT2D eigenvalue weighted by Gasteiger charge is -2.06. The van der Waals surface area contributed by atoms with E-state index in [0.29, 0.717) is 24.4 Å². The number of amides is 1. The summed E-state index contributed by atoms with van der Waals surface area (Å²) in [6, 6.07) is 5.30. The fourth-order valence-electron chi connectivity index (χ4n) is 1.37. The molecule has 2 aromatic rings. The maximum atomic E-state index is 11.9. The first-order valence-corrected chi connectivity index (χ1v) is 6.43. The van der Waals surface area contributed by atoms with Crippen LogP contribution < -0.4 is 5.32 Å². The molecule has 1 N–H and O–H groups in total. The molecule has 0 aliphatic carbocycles. The predicted molar refractivity (Wildman–Crippen MR) is 71.7 cm³/mol. The first-order chi connectivity index (χ1) is 8.66. The molecule has 7 heteroatoms. The summed E-state index contributed by atoms with van der Waals surface area (Å²) < 4.78 is 5.56. The number of thiol groups is 1. The van der Waals surface area contributed by atoms with Crippen molar-refractivity contribution in [3.8, 4) is 0 Å². The van der Waals surface area contributed by atoms with Crippen molar-refractivity contribution in [1.82, 2.24) is 15.5 Å². The molecule has 0 saturated heterocycles. The quantitative estimate of drug-likeness (QED) is 0.844. The SMILES string of the molecule is O=C(NCCc1ncno1)c1cc(S)ccc1Br. The molecule has 0 bridgehead atoms. The number of nitrogens with one attached hydrogen (secondary N) is 1. The number of rotatable bonds is 4. The first-order valence-electron chi connectivity index (χ1n) is 5.19. The lowest BCUT2D eigenvalue weighted by Crippen LogP contribution is -2.26. The van der Waals surface area contributed by atoms with Crippen LogP contribution in [0.25, 0.3) is 0 Å². The van der Waals surface area contributed by atoms with Crippen molar-refractivity contribution in [3.63, 3.8) is 0 Å². The molecule has 0 aliphatic rings. The highest BCUT2D eigenvalue weighted by atomic mass is 79.9. The lowest BCUT2D eigenvalue weighted by molar-refractivity contribution is 0.0952. The van der Waals surface area contributed by atoms with Crippen LogP contribution in [0.2, 0.25) is 0 Å². The third-order valence-electron chi connectivity index (χ3n) is 2.23. The molecule has 0 saturated carbocycles. The van der Waals surface area contributed by atoms with Crippen molar-refractivity contribution in [1.29, 1.82) is 0 Å². The van der Waals surface area contributed by atoms with E-state index in [1.54, 1.807) is 12.1 Å². The van der Waals surface area contributed by atoms with Crippen LogP contribution in [0.4, 0.5) is 0 Å². The van der Waals surface area contributed by atoms with Gasteiger partial charge in [-0.05, 0) is 34.1 Å². The van der Waals surface area contributed by atoms with E-state index in [-0.39, 0.29) is 5.91 Å². The molecule has 94 valence electrons. The van der Waals surface area contributed by atoms with Gasteiger partial charge in [0.15, 0.2) is 6.33 Å². The number of carbonyl (C=O) groups is 1. The molecule has 0 fully saturated rings. The molecule has 18 heavy (non-hydrogen) atoms. The Morgan fingerprint density at radius 3 is 3.06 bits per heavy atom. The van der Waals surface area contributed by atoms with Crippen molar-refractivity contribution < 1.29 is 9.32 Å². The summed E-state index contributed by atoms with van der Waals surface area (Å²) in [7, 11) is 0. The van der Waals surface area contributed by atoms with Gasteiger partial charge in [-0.25, -0.2) is 0 Å². The summed E-state index contributed by atoms with van der Waals surface area (Å²) in [5.74, 6) is 0.328. The second-order valence-electron chi connectivity index (χ2n) is 3.51. The van der Waals surface area contributed by atoms with Crippen molar-refractivity contribution in [3.05, 3.63) is 40.5 Å². The van der Waals surface area contributed by atoms with Crippen LogP contribution >= 0.6 is 28.6 Å². The smallest absolute Gasteiger partial charge is 0.252 e. The zero-order chi connectivity index (χ0) is 13.0. The van der Waals surface area contributed by atoms with Gasteiger partial charge in [-0.1, -0.05) is 5.16 Å².